The lowest BCUT2D eigenvalue weighted by Crippen LogP contribution is -2.39. The van der Waals surface area contributed by atoms with Gasteiger partial charge in [0.2, 0.25) is 0 Å². The smallest absolute Gasteiger partial charge is 0.0623 e. The van der Waals surface area contributed by atoms with Crippen LogP contribution in [0.3, 0.4) is 0 Å². The summed E-state index contributed by atoms with van der Waals surface area (Å²) >= 11 is 0. The number of ether oxygens (including phenoxy) is 1. The van der Waals surface area contributed by atoms with E-state index in [-0.39, 0.29) is 6.04 Å². The first-order valence-electron chi connectivity index (χ1n) is 2.89. The molecule has 0 bridgehead atoms. The zero-order valence-corrected chi connectivity index (χ0v) is 5.99. The monoisotopic (exact) mass is 133 g/mol. The number of hydrogen-bond donors (Lipinski definition) is 1. The molecule has 2 nitrogen and oxygen atoms in total. The van der Waals surface area contributed by atoms with Crippen LogP contribution in [-0.4, -0.2) is 24.9 Å². The largest absolute Gasteiger partial charge is 0.380 e. The molecule has 1 rings (SSSR count). The van der Waals surface area contributed by atoms with Gasteiger partial charge in [-0.15, -0.1) is 9.24 Å². The maximum atomic E-state index is 5.63. The van der Waals surface area contributed by atoms with E-state index < -0.39 is 0 Å². The summed E-state index contributed by atoms with van der Waals surface area (Å²) in [5, 5.41) is 0. The van der Waals surface area contributed by atoms with Crippen molar-refractivity contribution in [2.24, 2.45) is 5.73 Å². The van der Waals surface area contributed by atoms with Crippen LogP contribution >= 0.6 is 9.24 Å². The maximum Gasteiger partial charge on any atom is 0.0623 e. The second-order valence-electron chi connectivity index (χ2n) is 2.19. The highest BCUT2D eigenvalue weighted by Crippen LogP contribution is 2.13. The van der Waals surface area contributed by atoms with E-state index in [1.54, 1.807) is 0 Å². The molecule has 1 fully saturated rings. The van der Waals surface area contributed by atoms with E-state index in [2.05, 4.69) is 9.24 Å². The molecule has 0 aromatic heterocycles. The molecule has 3 heteroatoms. The molecule has 0 aliphatic carbocycles. The summed E-state index contributed by atoms with van der Waals surface area (Å²) in [5.74, 6) is 0. The Morgan fingerprint density at radius 3 is 2.75 bits per heavy atom. The number of hydrogen-bond acceptors (Lipinski definition) is 2. The van der Waals surface area contributed by atoms with Crippen molar-refractivity contribution in [1.29, 1.82) is 0 Å². The van der Waals surface area contributed by atoms with E-state index >= 15 is 0 Å². The molecule has 1 heterocycles. The van der Waals surface area contributed by atoms with Crippen LogP contribution in [0.25, 0.3) is 0 Å². The molecular weight excluding hydrogens is 121 g/mol. The van der Waals surface area contributed by atoms with E-state index in [4.69, 9.17) is 10.5 Å². The molecule has 0 saturated carbocycles. The first kappa shape index (κ1) is 6.47. The highest BCUT2D eigenvalue weighted by atomic mass is 31.0. The average molecular weight is 133 g/mol. The molecule has 3 unspecified atom stereocenters. The fraction of sp³-hybridized carbons (Fsp3) is 1.00. The van der Waals surface area contributed by atoms with Crippen LogP contribution in [-0.2, 0) is 4.74 Å². The summed E-state index contributed by atoms with van der Waals surface area (Å²) in [6.07, 6.45) is 1.09. The Balaban J connectivity index is 2.28. The van der Waals surface area contributed by atoms with E-state index in [0.717, 1.165) is 19.6 Å². The van der Waals surface area contributed by atoms with Gasteiger partial charge >= 0.3 is 0 Å². The van der Waals surface area contributed by atoms with Gasteiger partial charge in [0.15, 0.2) is 0 Å². The van der Waals surface area contributed by atoms with Gasteiger partial charge in [-0.2, -0.15) is 0 Å². The maximum absolute atomic E-state index is 5.63. The van der Waals surface area contributed by atoms with Gasteiger partial charge in [-0.05, 0) is 12.1 Å². The van der Waals surface area contributed by atoms with Crippen LogP contribution in [0.1, 0.15) is 6.42 Å². The minimum atomic E-state index is 0.244. The second kappa shape index (κ2) is 2.77. The third-order valence-electron chi connectivity index (χ3n) is 1.46. The van der Waals surface area contributed by atoms with Gasteiger partial charge in [0.25, 0.3) is 0 Å². The Bertz CT molecular complexity index is 68.8. The summed E-state index contributed by atoms with van der Waals surface area (Å²) in [7, 11) is 2.74. The summed E-state index contributed by atoms with van der Waals surface area (Å²) in [6, 6.07) is 0.244. The van der Waals surface area contributed by atoms with Crippen molar-refractivity contribution in [2.45, 2.75) is 18.1 Å². The van der Waals surface area contributed by atoms with Crippen molar-refractivity contribution in [3.05, 3.63) is 0 Å². The summed E-state index contributed by atoms with van der Waals surface area (Å²) in [6.45, 7) is 1.61. The summed E-state index contributed by atoms with van der Waals surface area (Å²) in [4.78, 5) is 0. The molecule has 0 aromatic carbocycles. The van der Waals surface area contributed by atoms with E-state index in [1.165, 1.54) is 0 Å². The molecule has 2 N–H and O–H groups in total. The predicted molar refractivity (Wildman–Crippen MR) is 36.9 cm³/mol. The zero-order valence-electron chi connectivity index (χ0n) is 4.84. The highest BCUT2D eigenvalue weighted by molar-refractivity contribution is 7.17. The predicted octanol–water partition coefficient (Wildman–Crippen LogP) is -0.0223. The first-order chi connectivity index (χ1) is 3.80. The molecule has 0 aromatic rings. The van der Waals surface area contributed by atoms with Crippen molar-refractivity contribution in [2.75, 3.05) is 13.2 Å². The second-order valence-corrected chi connectivity index (χ2v) is 3.05. The van der Waals surface area contributed by atoms with Gasteiger partial charge in [0.1, 0.15) is 0 Å². The van der Waals surface area contributed by atoms with Crippen molar-refractivity contribution in [3.8, 4) is 0 Å². The van der Waals surface area contributed by atoms with E-state index in [0.29, 0.717) is 5.66 Å². The quantitative estimate of drug-likeness (QED) is 0.471. The van der Waals surface area contributed by atoms with Crippen molar-refractivity contribution in [1.82, 2.24) is 0 Å². The molecule has 0 spiro atoms. The van der Waals surface area contributed by atoms with Crippen LogP contribution in [0.15, 0.2) is 0 Å². The van der Waals surface area contributed by atoms with Gasteiger partial charge in [-0.1, -0.05) is 0 Å². The van der Waals surface area contributed by atoms with Crippen molar-refractivity contribution in [3.63, 3.8) is 0 Å². The van der Waals surface area contributed by atoms with Crippen LogP contribution in [0.2, 0.25) is 0 Å². The minimum Gasteiger partial charge on any atom is -0.380 e. The molecular formula is C5H12NOP. The fourth-order valence-corrected chi connectivity index (χ4v) is 1.02. The lowest BCUT2D eigenvalue weighted by molar-refractivity contribution is 0.0856. The van der Waals surface area contributed by atoms with Crippen molar-refractivity contribution >= 4 is 9.24 Å². The Morgan fingerprint density at radius 1 is 1.62 bits per heavy atom. The molecule has 48 valence electrons. The Labute approximate surface area is 52.0 Å². The third kappa shape index (κ3) is 1.41. The lowest BCUT2D eigenvalue weighted by Gasteiger charge is -2.24. The lowest BCUT2D eigenvalue weighted by atomic mass is 10.1. The Kier molecular flexibility index (Phi) is 2.24. The van der Waals surface area contributed by atoms with Crippen LogP contribution in [0.5, 0.6) is 0 Å². The Morgan fingerprint density at radius 2 is 2.38 bits per heavy atom. The first-order valence-corrected chi connectivity index (χ1v) is 3.56. The molecule has 0 amide bonds. The number of rotatable bonds is 0. The Hall–Kier alpha value is 0.350. The van der Waals surface area contributed by atoms with E-state index in [1.807, 2.05) is 0 Å². The molecule has 1 saturated heterocycles. The van der Waals surface area contributed by atoms with Crippen LogP contribution in [0, 0.1) is 0 Å². The van der Waals surface area contributed by atoms with Crippen molar-refractivity contribution < 1.29 is 4.74 Å². The zero-order chi connectivity index (χ0) is 5.98. The van der Waals surface area contributed by atoms with Crippen LogP contribution < -0.4 is 5.73 Å². The number of nitrogens with two attached hydrogens (primary N) is 1. The van der Waals surface area contributed by atoms with Crippen LogP contribution in [0.4, 0.5) is 0 Å². The normalized spacial score (nSPS) is 39.8. The highest BCUT2D eigenvalue weighted by Gasteiger charge is 2.16. The standard InChI is InChI=1S/C5H12NOP/c6-4-3-7-2-1-5(4)8/h4-5H,1-3,6,8H2. The third-order valence-corrected chi connectivity index (χ3v) is 2.28. The molecule has 1 aliphatic heterocycles. The minimum absolute atomic E-state index is 0.244. The van der Waals surface area contributed by atoms with Gasteiger partial charge in [-0.3, -0.25) is 0 Å². The topological polar surface area (TPSA) is 35.2 Å². The van der Waals surface area contributed by atoms with Gasteiger partial charge in [0.05, 0.1) is 6.61 Å². The average Bonchev–Trinajstić information content (AvgIpc) is 1.77. The van der Waals surface area contributed by atoms with E-state index in [9.17, 15) is 0 Å². The molecule has 1 aliphatic rings. The molecule has 0 radical (unpaired) electrons. The summed E-state index contributed by atoms with van der Waals surface area (Å²) in [5.41, 5.74) is 6.21. The van der Waals surface area contributed by atoms with Gasteiger partial charge in [-0.25, -0.2) is 0 Å². The molecule has 8 heavy (non-hydrogen) atoms. The van der Waals surface area contributed by atoms with Gasteiger partial charge < -0.3 is 10.5 Å². The summed E-state index contributed by atoms with van der Waals surface area (Å²) < 4.78 is 5.11. The molecule has 3 atom stereocenters. The fourth-order valence-electron chi connectivity index (χ4n) is 0.777. The van der Waals surface area contributed by atoms with Gasteiger partial charge in [0, 0.05) is 12.6 Å². The SMILES string of the molecule is NC1COCCC1P.